The number of hydrogen-bond acceptors (Lipinski definition) is 3. The van der Waals surface area contributed by atoms with Crippen LogP contribution in [0.1, 0.15) is 31.2 Å². The number of benzene rings is 1. The van der Waals surface area contributed by atoms with Gasteiger partial charge in [-0.2, -0.15) is 4.63 Å². The minimum Gasteiger partial charge on any atom is -0.308 e. The second-order valence-corrected chi connectivity index (χ2v) is 5.46. The van der Waals surface area contributed by atoms with Gasteiger partial charge in [0.05, 0.1) is 0 Å². The number of anilines is 2. The van der Waals surface area contributed by atoms with Gasteiger partial charge in [0.15, 0.2) is 5.65 Å². The number of urea groups is 1. The van der Waals surface area contributed by atoms with Crippen LogP contribution in [0, 0.1) is 6.92 Å². The van der Waals surface area contributed by atoms with Gasteiger partial charge in [0.2, 0.25) is 0 Å². The van der Waals surface area contributed by atoms with Crippen molar-refractivity contribution in [1.82, 2.24) is 19.8 Å². The molecule has 0 aliphatic rings. The van der Waals surface area contributed by atoms with E-state index < -0.39 is 0 Å². The molecule has 0 fully saturated rings. The third kappa shape index (κ3) is 3.50. The predicted molar refractivity (Wildman–Crippen MR) is 89.8 cm³/mol. The number of aromatic nitrogens is 4. The lowest BCUT2D eigenvalue weighted by Crippen LogP contribution is -2.19. The highest BCUT2D eigenvalue weighted by Crippen LogP contribution is 2.15. The van der Waals surface area contributed by atoms with Gasteiger partial charge in [-0.25, -0.2) is 9.78 Å². The molecule has 0 aliphatic heterocycles. The third-order valence-corrected chi connectivity index (χ3v) is 3.56. The Balaban J connectivity index is 1.62. The summed E-state index contributed by atoms with van der Waals surface area (Å²) in [5, 5.41) is 12.6. The highest BCUT2D eigenvalue weighted by Gasteiger charge is 2.11. The van der Waals surface area contributed by atoms with Crippen molar-refractivity contribution in [3.63, 3.8) is 0 Å². The van der Waals surface area contributed by atoms with Crippen molar-refractivity contribution in [2.24, 2.45) is 0 Å². The van der Waals surface area contributed by atoms with E-state index in [0.717, 1.165) is 12.1 Å². The van der Waals surface area contributed by atoms with Gasteiger partial charge >= 0.3 is 6.03 Å². The first-order chi connectivity index (χ1) is 11.2. The summed E-state index contributed by atoms with van der Waals surface area (Å²) >= 11 is 0. The Labute approximate surface area is 134 Å². The highest BCUT2D eigenvalue weighted by molar-refractivity contribution is 6.01. The molecule has 2 aromatic heterocycles. The Bertz CT molecular complexity index is 802. The fourth-order valence-corrected chi connectivity index (χ4v) is 2.38. The van der Waals surface area contributed by atoms with Crippen LogP contribution in [0.15, 0.2) is 30.5 Å². The number of unbranched alkanes of at least 4 members (excludes halogenated alkanes) is 1. The van der Waals surface area contributed by atoms with Gasteiger partial charge in [0.1, 0.15) is 11.5 Å². The number of carbonyl (C=O) groups is 1. The molecule has 0 saturated heterocycles. The van der Waals surface area contributed by atoms with E-state index in [1.54, 1.807) is 13.1 Å². The number of carbonyl (C=O) groups excluding carboxylic acids is 1. The maximum Gasteiger partial charge on any atom is 0.323 e. The molecule has 23 heavy (non-hydrogen) atoms. The lowest BCUT2D eigenvalue weighted by atomic mass is 10.1. The minimum absolute atomic E-state index is 0.312. The van der Waals surface area contributed by atoms with E-state index in [0.29, 0.717) is 17.2 Å². The Hall–Kier alpha value is -2.83. The first kappa shape index (κ1) is 15.1. The molecular formula is C16H20N6O. The van der Waals surface area contributed by atoms with Crippen LogP contribution in [0.2, 0.25) is 0 Å². The molecule has 3 rings (SSSR count). The van der Waals surface area contributed by atoms with E-state index in [9.17, 15) is 4.79 Å². The number of amides is 2. The summed E-state index contributed by atoms with van der Waals surface area (Å²) in [5.74, 6) is 0.642. The smallest absolute Gasteiger partial charge is 0.308 e. The van der Waals surface area contributed by atoms with E-state index in [1.807, 2.05) is 24.3 Å². The van der Waals surface area contributed by atoms with Crippen LogP contribution < -0.4 is 10.6 Å². The summed E-state index contributed by atoms with van der Waals surface area (Å²) in [5.41, 5.74) is 3.21. The van der Waals surface area contributed by atoms with Crippen molar-refractivity contribution in [3.05, 3.63) is 41.9 Å². The standard InChI is InChI=1S/C16H20N6O/c1-3-4-5-12-6-8-13(9-7-12)19-16(23)20-14-10-17-22-15(14)18-11(2)21-22/h6-10,17H,3-5H2,1-2H3,(H2,19,20,23). The van der Waals surface area contributed by atoms with E-state index >= 15 is 0 Å². The number of H-pyrrole nitrogens is 1. The number of fused-ring (bicyclic) bond motifs is 1. The number of aryl methyl sites for hydroxylation is 2. The lowest BCUT2D eigenvalue weighted by molar-refractivity contribution is 0.262. The zero-order chi connectivity index (χ0) is 16.2. The quantitative estimate of drug-likeness (QED) is 0.675. The van der Waals surface area contributed by atoms with Crippen LogP contribution in [0.3, 0.4) is 0 Å². The number of rotatable bonds is 5. The molecule has 2 heterocycles. The largest absolute Gasteiger partial charge is 0.323 e. The molecule has 0 saturated carbocycles. The zero-order valence-corrected chi connectivity index (χ0v) is 13.3. The van der Waals surface area contributed by atoms with Crippen molar-refractivity contribution < 1.29 is 4.79 Å². The van der Waals surface area contributed by atoms with Crippen LogP contribution in [0.25, 0.3) is 5.65 Å². The molecule has 0 spiro atoms. The molecule has 0 unspecified atom stereocenters. The van der Waals surface area contributed by atoms with Crippen LogP contribution in [-0.4, -0.2) is 25.8 Å². The number of nitrogens with zero attached hydrogens (tertiary/aromatic N) is 3. The highest BCUT2D eigenvalue weighted by atomic mass is 16.2. The topological polar surface area (TPSA) is 87.1 Å². The van der Waals surface area contributed by atoms with E-state index in [1.165, 1.54) is 23.0 Å². The molecule has 1 aromatic carbocycles. The predicted octanol–water partition coefficient (Wildman–Crippen LogP) is 3.35. The summed E-state index contributed by atoms with van der Waals surface area (Å²) in [4.78, 5) is 16.3. The van der Waals surface area contributed by atoms with Gasteiger partial charge in [-0.3, -0.25) is 5.10 Å². The van der Waals surface area contributed by atoms with Gasteiger partial charge in [-0.1, -0.05) is 25.5 Å². The second-order valence-electron chi connectivity index (χ2n) is 5.46. The Morgan fingerprint density at radius 2 is 2.04 bits per heavy atom. The van der Waals surface area contributed by atoms with Gasteiger partial charge < -0.3 is 10.6 Å². The van der Waals surface area contributed by atoms with Crippen LogP contribution in [0.5, 0.6) is 0 Å². The minimum atomic E-state index is -0.312. The second kappa shape index (κ2) is 6.51. The monoisotopic (exact) mass is 312 g/mol. The Morgan fingerprint density at radius 3 is 2.78 bits per heavy atom. The first-order valence-corrected chi connectivity index (χ1v) is 7.73. The summed E-state index contributed by atoms with van der Waals surface area (Å²) in [7, 11) is 0. The molecule has 0 atom stereocenters. The summed E-state index contributed by atoms with van der Waals surface area (Å²) in [6.45, 7) is 3.97. The fourth-order valence-electron chi connectivity index (χ4n) is 2.38. The Kier molecular flexibility index (Phi) is 4.27. The molecule has 0 radical (unpaired) electrons. The summed E-state index contributed by atoms with van der Waals surface area (Å²) in [6.07, 6.45) is 5.07. The van der Waals surface area contributed by atoms with Crippen LogP contribution in [0.4, 0.5) is 16.2 Å². The molecule has 7 heteroatoms. The van der Waals surface area contributed by atoms with Crippen molar-refractivity contribution in [1.29, 1.82) is 0 Å². The number of nitrogens with one attached hydrogen (secondary N) is 3. The molecule has 3 N–H and O–H groups in total. The SMILES string of the molecule is CCCCc1ccc(NC(=O)Nc2c[nH]n3nc(C)nc23)cc1. The first-order valence-electron chi connectivity index (χ1n) is 7.73. The maximum atomic E-state index is 12.1. The van der Waals surface area contributed by atoms with Crippen molar-refractivity contribution in [3.8, 4) is 0 Å². The summed E-state index contributed by atoms with van der Waals surface area (Å²) < 4.78 is 1.52. The molecule has 7 nitrogen and oxygen atoms in total. The van der Waals surface area contributed by atoms with Crippen LogP contribution >= 0.6 is 0 Å². The normalized spacial score (nSPS) is 10.9. The van der Waals surface area contributed by atoms with Gasteiger partial charge in [0.25, 0.3) is 0 Å². The van der Waals surface area contributed by atoms with Gasteiger partial charge in [0, 0.05) is 11.9 Å². The third-order valence-electron chi connectivity index (χ3n) is 3.56. The molecule has 3 aromatic rings. The zero-order valence-electron chi connectivity index (χ0n) is 13.3. The lowest BCUT2D eigenvalue weighted by Gasteiger charge is -2.07. The fraction of sp³-hybridized carbons (Fsp3) is 0.312. The van der Waals surface area contributed by atoms with Crippen molar-refractivity contribution in [2.45, 2.75) is 33.1 Å². The molecular weight excluding hydrogens is 292 g/mol. The van der Waals surface area contributed by atoms with Crippen molar-refractivity contribution in [2.75, 3.05) is 10.6 Å². The average Bonchev–Trinajstić information content (AvgIpc) is 3.07. The maximum absolute atomic E-state index is 12.1. The Morgan fingerprint density at radius 1 is 1.26 bits per heavy atom. The number of aromatic amines is 1. The molecule has 0 aliphatic carbocycles. The van der Waals surface area contributed by atoms with E-state index in [-0.39, 0.29) is 6.03 Å². The van der Waals surface area contributed by atoms with Gasteiger partial charge in [-0.15, -0.1) is 5.10 Å². The number of hydrogen-bond donors (Lipinski definition) is 3. The molecule has 120 valence electrons. The van der Waals surface area contributed by atoms with Crippen molar-refractivity contribution >= 4 is 23.1 Å². The van der Waals surface area contributed by atoms with E-state index in [4.69, 9.17) is 0 Å². The van der Waals surface area contributed by atoms with Gasteiger partial charge in [-0.05, 0) is 37.5 Å². The molecule has 2 amide bonds. The molecule has 0 bridgehead atoms. The van der Waals surface area contributed by atoms with Crippen LogP contribution in [-0.2, 0) is 6.42 Å². The van der Waals surface area contributed by atoms with E-state index in [2.05, 4.69) is 32.7 Å². The average molecular weight is 312 g/mol. The summed E-state index contributed by atoms with van der Waals surface area (Å²) in [6, 6.07) is 7.61.